The van der Waals surface area contributed by atoms with E-state index in [1.54, 1.807) is 6.07 Å². The van der Waals surface area contributed by atoms with Crippen molar-refractivity contribution in [2.75, 3.05) is 18.0 Å². The van der Waals surface area contributed by atoms with Crippen molar-refractivity contribution in [3.63, 3.8) is 0 Å². The van der Waals surface area contributed by atoms with E-state index in [0.29, 0.717) is 5.56 Å². The second-order valence-corrected chi connectivity index (χ2v) is 8.96. The number of primary amides is 1. The summed E-state index contributed by atoms with van der Waals surface area (Å²) in [7, 11) is 0. The van der Waals surface area contributed by atoms with E-state index in [4.69, 9.17) is 5.73 Å². The predicted octanol–water partition coefficient (Wildman–Crippen LogP) is 5.11. The largest absolute Gasteiger partial charge is 0.370 e. The van der Waals surface area contributed by atoms with Crippen LogP contribution in [0, 0.1) is 11.3 Å². The van der Waals surface area contributed by atoms with Crippen molar-refractivity contribution in [1.82, 2.24) is 9.55 Å². The lowest BCUT2D eigenvalue weighted by Crippen LogP contribution is -2.30. The molecular weight excluding hydrogens is 410 g/mol. The number of rotatable bonds is 7. The summed E-state index contributed by atoms with van der Waals surface area (Å²) in [6.45, 7) is 2.99. The number of benzene rings is 2. The Morgan fingerprint density at radius 1 is 1.06 bits per heavy atom. The van der Waals surface area contributed by atoms with Gasteiger partial charge < -0.3 is 20.2 Å². The molecule has 2 aromatic carbocycles. The van der Waals surface area contributed by atoms with Crippen molar-refractivity contribution in [3.05, 3.63) is 65.5 Å². The van der Waals surface area contributed by atoms with Crippen LogP contribution in [0.1, 0.15) is 53.6 Å². The molecule has 0 radical (unpaired) electrons. The Morgan fingerprint density at radius 2 is 1.91 bits per heavy atom. The SMILES string of the molecule is N#Cc1ccc2c(ccn2CCCCc2c[nH]c3ccc(C(N)=O)cc23)c1N1CCCCC1. The van der Waals surface area contributed by atoms with Gasteiger partial charge in [0.2, 0.25) is 5.91 Å². The number of anilines is 1. The molecule has 6 nitrogen and oxygen atoms in total. The minimum atomic E-state index is -0.396. The Balaban J connectivity index is 1.30. The van der Waals surface area contributed by atoms with Crippen LogP contribution in [0.4, 0.5) is 5.69 Å². The summed E-state index contributed by atoms with van der Waals surface area (Å²) in [6.07, 6.45) is 10.9. The summed E-state index contributed by atoms with van der Waals surface area (Å²) < 4.78 is 2.31. The second-order valence-electron chi connectivity index (χ2n) is 8.96. The van der Waals surface area contributed by atoms with Gasteiger partial charge in [-0.05, 0) is 80.5 Å². The van der Waals surface area contributed by atoms with Gasteiger partial charge in [0.15, 0.2) is 0 Å². The first kappa shape index (κ1) is 21.1. The number of nitrogens with zero attached hydrogens (tertiary/aromatic N) is 3. The van der Waals surface area contributed by atoms with E-state index in [0.717, 1.165) is 61.1 Å². The molecule has 3 N–H and O–H groups in total. The summed E-state index contributed by atoms with van der Waals surface area (Å²) in [5.41, 5.74) is 11.3. The zero-order valence-corrected chi connectivity index (χ0v) is 18.8. The molecular formula is C27H29N5O. The van der Waals surface area contributed by atoms with Gasteiger partial charge in [-0.3, -0.25) is 4.79 Å². The van der Waals surface area contributed by atoms with E-state index in [1.165, 1.54) is 35.7 Å². The molecule has 0 unspecified atom stereocenters. The third-order valence-corrected chi connectivity index (χ3v) is 6.86. The van der Waals surface area contributed by atoms with Gasteiger partial charge in [-0.25, -0.2) is 0 Å². The number of carbonyl (C=O) groups excluding carboxylic acids is 1. The zero-order chi connectivity index (χ0) is 22.8. The molecule has 2 aromatic heterocycles. The van der Waals surface area contributed by atoms with Crippen molar-refractivity contribution >= 4 is 33.4 Å². The molecule has 6 heteroatoms. The number of unbranched alkanes of at least 4 members (excludes halogenated alkanes) is 1. The Labute approximate surface area is 193 Å². The predicted molar refractivity (Wildman–Crippen MR) is 132 cm³/mol. The first-order valence-corrected chi connectivity index (χ1v) is 11.8. The first-order chi connectivity index (χ1) is 16.2. The highest BCUT2D eigenvalue weighted by Crippen LogP contribution is 2.33. The van der Waals surface area contributed by atoms with Gasteiger partial charge in [0.05, 0.1) is 16.8 Å². The highest BCUT2D eigenvalue weighted by atomic mass is 16.1. The Hall–Kier alpha value is -3.72. The molecule has 168 valence electrons. The van der Waals surface area contributed by atoms with E-state index in [1.807, 2.05) is 24.4 Å². The number of aryl methyl sites for hydroxylation is 2. The molecule has 3 heterocycles. The van der Waals surface area contributed by atoms with Crippen molar-refractivity contribution in [2.24, 2.45) is 5.73 Å². The number of nitriles is 1. The second kappa shape index (κ2) is 9.03. The molecule has 1 aliphatic rings. The molecule has 1 amide bonds. The molecule has 1 aliphatic heterocycles. The van der Waals surface area contributed by atoms with Crippen molar-refractivity contribution < 1.29 is 4.79 Å². The van der Waals surface area contributed by atoms with Crippen LogP contribution in [0.25, 0.3) is 21.8 Å². The van der Waals surface area contributed by atoms with E-state index in [-0.39, 0.29) is 0 Å². The van der Waals surface area contributed by atoms with Crippen molar-refractivity contribution in [1.29, 1.82) is 5.26 Å². The Morgan fingerprint density at radius 3 is 2.70 bits per heavy atom. The first-order valence-electron chi connectivity index (χ1n) is 11.8. The number of carbonyl (C=O) groups is 1. The van der Waals surface area contributed by atoms with Gasteiger partial charge in [0.25, 0.3) is 0 Å². The summed E-state index contributed by atoms with van der Waals surface area (Å²) in [6, 6.07) is 14.2. The summed E-state index contributed by atoms with van der Waals surface area (Å²) >= 11 is 0. The normalized spacial score (nSPS) is 14.1. The minimum absolute atomic E-state index is 0.396. The van der Waals surface area contributed by atoms with Crippen LogP contribution in [0.5, 0.6) is 0 Å². The van der Waals surface area contributed by atoms with Crippen LogP contribution in [0.15, 0.2) is 48.8 Å². The highest BCUT2D eigenvalue weighted by molar-refractivity contribution is 5.98. The van der Waals surface area contributed by atoms with Gasteiger partial charge in [0, 0.05) is 53.9 Å². The summed E-state index contributed by atoms with van der Waals surface area (Å²) in [5, 5.41) is 12.0. The maximum Gasteiger partial charge on any atom is 0.248 e. The molecule has 0 saturated carbocycles. The molecule has 0 spiro atoms. The Kier molecular flexibility index (Phi) is 5.78. The number of fused-ring (bicyclic) bond motifs is 2. The lowest BCUT2D eigenvalue weighted by molar-refractivity contribution is 0.100. The number of nitrogens with two attached hydrogens (primary N) is 1. The zero-order valence-electron chi connectivity index (χ0n) is 18.8. The third kappa shape index (κ3) is 4.07. The fraction of sp³-hybridized carbons (Fsp3) is 0.333. The number of nitrogens with one attached hydrogen (secondary N) is 1. The van der Waals surface area contributed by atoms with E-state index >= 15 is 0 Å². The summed E-state index contributed by atoms with van der Waals surface area (Å²) in [4.78, 5) is 17.2. The van der Waals surface area contributed by atoms with Gasteiger partial charge in [-0.2, -0.15) is 5.26 Å². The maximum absolute atomic E-state index is 11.5. The quantitative estimate of drug-likeness (QED) is 0.392. The fourth-order valence-corrected chi connectivity index (χ4v) is 5.14. The monoisotopic (exact) mass is 439 g/mol. The van der Waals surface area contributed by atoms with E-state index < -0.39 is 5.91 Å². The molecule has 1 saturated heterocycles. The van der Waals surface area contributed by atoms with E-state index in [2.05, 4.69) is 38.8 Å². The molecule has 4 aromatic rings. The van der Waals surface area contributed by atoms with Crippen LogP contribution in [-0.4, -0.2) is 28.5 Å². The maximum atomic E-state index is 11.5. The van der Waals surface area contributed by atoms with Gasteiger partial charge in [0.1, 0.15) is 6.07 Å². The van der Waals surface area contributed by atoms with Crippen molar-refractivity contribution in [2.45, 2.75) is 45.1 Å². The Bertz CT molecular complexity index is 1350. The number of hydrogen-bond donors (Lipinski definition) is 2. The molecule has 0 aliphatic carbocycles. The molecule has 33 heavy (non-hydrogen) atoms. The van der Waals surface area contributed by atoms with Crippen LogP contribution >= 0.6 is 0 Å². The molecule has 0 atom stereocenters. The molecule has 1 fully saturated rings. The number of hydrogen-bond acceptors (Lipinski definition) is 3. The number of piperidine rings is 1. The van der Waals surface area contributed by atoms with E-state index in [9.17, 15) is 10.1 Å². The van der Waals surface area contributed by atoms with Gasteiger partial charge in [-0.1, -0.05) is 0 Å². The van der Waals surface area contributed by atoms with Gasteiger partial charge in [-0.15, -0.1) is 0 Å². The average molecular weight is 440 g/mol. The minimum Gasteiger partial charge on any atom is -0.370 e. The summed E-state index contributed by atoms with van der Waals surface area (Å²) in [5.74, 6) is -0.396. The van der Waals surface area contributed by atoms with Gasteiger partial charge >= 0.3 is 0 Å². The molecule has 5 rings (SSSR count). The standard InChI is InChI=1S/C27H29N5O/c28-17-20-8-10-25-22(26(20)32-13-3-1-4-14-32)11-15-31(25)12-5-2-6-21-18-30-24-9-7-19(27(29)33)16-23(21)24/h7-11,15-16,18,30H,1-6,12-14H2,(H2,29,33). The lowest BCUT2D eigenvalue weighted by atomic mass is 10.0. The van der Waals surface area contributed by atoms with Crippen LogP contribution < -0.4 is 10.6 Å². The van der Waals surface area contributed by atoms with Crippen LogP contribution in [0.2, 0.25) is 0 Å². The smallest absolute Gasteiger partial charge is 0.248 e. The average Bonchev–Trinajstić information content (AvgIpc) is 3.45. The molecule has 0 bridgehead atoms. The highest BCUT2D eigenvalue weighted by Gasteiger charge is 2.19. The third-order valence-electron chi connectivity index (χ3n) is 6.86. The number of amides is 1. The van der Waals surface area contributed by atoms with Crippen molar-refractivity contribution in [3.8, 4) is 6.07 Å². The van der Waals surface area contributed by atoms with Crippen LogP contribution in [-0.2, 0) is 13.0 Å². The van der Waals surface area contributed by atoms with Crippen LogP contribution in [0.3, 0.4) is 0 Å². The fourth-order valence-electron chi connectivity index (χ4n) is 5.14. The number of H-pyrrole nitrogens is 1. The number of aromatic nitrogens is 2. The number of aromatic amines is 1. The lowest BCUT2D eigenvalue weighted by Gasteiger charge is -2.30. The topological polar surface area (TPSA) is 90.8 Å².